The van der Waals surface area contributed by atoms with Gasteiger partial charge in [0.05, 0.1) is 6.42 Å². The first kappa shape index (κ1) is 10.4. The number of imide groups is 1. The maximum absolute atomic E-state index is 11.6. The molecule has 6 nitrogen and oxygen atoms in total. The van der Waals surface area contributed by atoms with Crippen LogP contribution in [0.15, 0.2) is 0 Å². The number of nitrogens with zero attached hydrogens (tertiary/aromatic N) is 1. The second-order valence-electron chi connectivity index (χ2n) is 4.33. The molecule has 2 aliphatic rings. The maximum atomic E-state index is 11.6. The van der Waals surface area contributed by atoms with Gasteiger partial charge < -0.3 is 0 Å². The summed E-state index contributed by atoms with van der Waals surface area (Å²) < 4.78 is 0. The van der Waals surface area contributed by atoms with Gasteiger partial charge in [-0.05, 0) is 12.8 Å². The molecule has 0 unspecified atom stereocenters. The lowest BCUT2D eigenvalue weighted by molar-refractivity contribution is -0.125. The zero-order valence-electron chi connectivity index (χ0n) is 8.53. The third kappa shape index (κ3) is 1.82. The Kier molecular flexibility index (Phi) is 2.40. The van der Waals surface area contributed by atoms with E-state index >= 15 is 0 Å². The van der Waals surface area contributed by atoms with Gasteiger partial charge in [0.25, 0.3) is 0 Å². The first-order chi connectivity index (χ1) is 7.00. The van der Waals surface area contributed by atoms with Crippen LogP contribution in [-0.2, 0) is 4.79 Å². The number of nitrogens with one attached hydrogen (secondary N) is 1. The predicted octanol–water partition coefficient (Wildman–Crippen LogP) is -0.558. The smallest absolute Gasteiger partial charge is 0.296 e. The minimum absolute atomic E-state index is 0.0325. The first-order valence-corrected chi connectivity index (χ1v) is 5.21. The Morgan fingerprint density at radius 1 is 1.27 bits per heavy atom. The fraction of sp³-hybridized carbons (Fsp3) is 0.778. The average molecular weight is 212 g/mol. The van der Waals surface area contributed by atoms with Gasteiger partial charge in [0, 0.05) is 6.04 Å². The number of hydrogen-bond donors (Lipinski definition) is 3. The summed E-state index contributed by atoms with van der Waals surface area (Å²) in [5.74, 6) is -1.73. The van der Waals surface area contributed by atoms with Crippen LogP contribution < -0.4 is 16.8 Å². The van der Waals surface area contributed by atoms with Crippen molar-refractivity contribution in [2.45, 2.75) is 43.9 Å². The van der Waals surface area contributed by atoms with Crippen molar-refractivity contribution >= 4 is 11.9 Å². The second-order valence-corrected chi connectivity index (χ2v) is 4.33. The molecule has 6 heteroatoms. The minimum atomic E-state index is -1.32. The van der Waals surface area contributed by atoms with E-state index in [1.165, 1.54) is 4.90 Å². The molecule has 2 fully saturated rings. The molecular formula is C9H16N4O2. The van der Waals surface area contributed by atoms with Crippen LogP contribution >= 0.6 is 0 Å². The number of nitrogens with two attached hydrogens (primary N) is 2. The molecule has 0 spiro atoms. The van der Waals surface area contributed by atoms with Gasteiger partial charge in [-0.25, -0.2) is 4.79 Å². The quantitative estimate of drug-likeness (QED) is 0.507. The normalized spacial score (nSPS) is 26.9. The summed E-state index contributed by atoms with van der Waals surface area (Å²) in [5.41, 5.74) is 11.6. The highest BCUT2D eigenvalue weighted by atomic mass is 16.2. The van der Waals surface area contributed by atoms with Crippen LogP contribution in [0, 0.1) is 0 Å². The molecule has 1 saturated heterocycles. The lowest BCUT2D eigenvalue weighted by Crippen LogP contribution is -2.74. The summed E-state index contributed by atoms with van der Waals surface area (Å²) in [6.07, 6.45) is 3.96. The van der Waals surface area contributed by atoms with Gasteiger partial charge in [-0.2, -0.15) is 0 Å². The molecule has 84 valence electrons. The molecule has 2 rings (SSSR count). The van der Waals surface area contributed by atoms with E-state index in [9.17, 15) is 9.59 Å². The van der Waals surface area contributed by atoms with E-state index in [1.807, 2.05) is 0 Å². The standard InChI is InChI=1S/C9H16N4O2/c10-9(11)5-7(14)12-8(15)13(9)6-3-1-2-4-6/h6H,1-5,10-11H2,(H,12,14,15). The summed E-state index contributed by atoms with van der Waals surface area (Å²) in [6, 6.07) is -0.378. The van der Waals surface area contributed by atoms with E-state index in [4.69, 9.17) is 11.5 Å². The van der Waals surface area contributed by atoms with E-state index in [2.05, 4.69) is 5.32 Å². The molecule has 0 bridgehead atoms. The van der Waals surface area contributed by atoms with Crippen molar-refractivity contribution in [2.24, 2.45) is 11.5 Å². The molecule has 5 N–H and O–H groups in total. The van der Waals surface area contributed by atoms with Crippen LogP contribution in [0.25, 0.3) is 0 Å². The number of carbonyl (C=O) groups excluding carboxylic acids is 2. The van der Waals surface area contributed by atoms with Crippen molar-refractivity contribution in [3.8, 4) is 0 Å². The van der Waals surface area contributed by atoms with Crippen molar-refractivity contribution in [1.82, 2.24) is 10.2 Å². The van der Waals surface area contributed by atoms with E-state index in [0.29, 0.717) is 0 Å². The monoisotopic (exact) mass is 212 g/mol. The number of urea groups is 1. The van der Waals surface area contributed by atoms with Crippen LogP contribution in [0.2, 0.25) is 0 Å². The Hall–Kier alpha value is -1.14. The van der Waals surface area contributed by atoms with Gasteiger partial charge in [0.15, 0.2) is 5.79 Å². The highest BCUT2D eigenvalue weighted by Gasteiger charge is 2.44. The molecule has 0 radical (unpaired) electrons. The van der Waals surface area contributed by atoms with Crippen molar-refractivity contribution in [3.05, 3.63) is 0 Å². The summed E-state index contributed by atoms with van der Waals surface area (Å²) in [7, 11) is 0. The van der Waals surface area contributed by atoms with E-state index in [1.54, 1.807) is 0 Å². The Labute approximate surface area is 88.0 Å². The van der Waals surface area contributed by atoms with Crippen LogP contribution in [0.5, 0.6) is 0 Å². The minimum Gasteiger partial charge on any atom is -0.296 e. The molecule has 0 atom stereocenters. The zero-order valence-corrected chi connectivity index (χ0v) is 8.53. The highest BCUT2D eigenvalue weighted by Crippen LogP contribution is 2.28. The Bertz CT molecular complexity index is 296. The number of carbonyl (C=O) groups is 2. The second kappa shape index (κ2) is 3.46. The molecule has 1 aliphatic carbocycles. The fourth-order valence-electron chi connectivity index (χ4n) is 2.42. The summed E-state index contributed by atoms with van der Waals surface area (Å²) in [4.78, 5) is 24.2. The van der Waals surface area contributed by atoms with Gasteiger partial charge in [0.1, 0.15) is 0 Å². The van der Waals surface area contributed by atoms with Crippen molar-refractivity contribution in [1.29, 1.82) is 0 Å². The van der Waals surface area contributed by atoms with Gasteiger partial charge in [-0.3, -0.25) is 26.5 Å². The Morgan fingerprint density at radius 3 is 2.40 bits per heavy atom. The fourth-order valence-corrected chi connectivity index (χ4v) is 2.42. The molecule has 0 aromatic heterocycles. The van der Waals surface area contributed by atoms with Crippen LogP contribution in [0.4, 0.5) is 4.79 Å². The molecule has 3 amide bonds. The molecule has 15 heavy (non-hydrogen) atoms. The first-order valence-electron chi connectivity index (χ1n) is 5.21. The third-order valence-corrected chi connectivity index (χ3v) is 3.05. The Morgan fingerprint density at radius 2 is 1.87 bits per heavy atom. The van der Waals surface area contributed by atoms with Crippen LogP contribution in [0.1, 0.15) is 32.1 Å². The molecule has 1 aliphatic heterocycles. The SMILES string of the molecule is NC1(N)CC(=O)NC(=O)N1C1CCCC1. The highest BCUT2D eigenvalue weighted by molar-refractivity contribution is 5.97. The zero-order chi connectivity index (χ0) is 11.1. The lowest BCUT2D eigenvalue weighted by atomic mass is 10.1. The number of rotatable bonds is 1. The average Bonchev–Trinajstić information content (AvgIpc) is 2.52. The van der Waals surface area contributed by atoms with E-state index < -0.39 is 17.7 Å². The molecule has 0 aromatic rings. The topological polar surface area (TPSA) is 101 Å². The lowest BCUT2D eigenvalue weighted by Gasteiger charge is -2.44. The van der Waals surface area contributed by atoms with Gasteiger partial charge in [0.2, 0.25) is 5.91 Å². The van der Waals surface area contributed by atoms with Crippen LogP contribution in [0.3, 0.4) is 0 Å². The Balaban J connectivity index is 2.19. The summed E-state index contributed by atoms with van der Waals surface area (Å²) in [5, 5.41) is 2.25. The predicted molar refractivity (Wildman–Crippen MR) is 53.4 cm³/mol. The summed E-state index contributed by atoms with van der Waals surface area (Å²) >= 11 is 0. The van der Waals surface area contributed by atoms with E-state index in [0.717, 1.165) is 25.7 Å². The third-order valence-electron chi connectivity index (χ3n) is 3.05. The van der Waals surface area contributed by atoms with Crippen molar-refractivity contribution in [3.63, 3.8) is 0 Å². The maximum Gasteiger partial charge on any atom is 0.326 e. The number of amides is 3. The molecule has 0 aromatic carbocycles. The molecule has 1 heterocycles. The summed E-state index contributed by atoms with van der Waals surface area (Å²) in [6.45, 7) is 0. The largest absolute Gasteiger partial charge is 0.326 e. The van der Waals surface area contributed by atoms with Crippen molar-refractivity contribution in [2.75, 3.05) is 0 Å². The molecule has 1 saturated carbocycles. The van der Waals surface area contributed by atoms with E-state index in [-0.39, 0.29) is 12.5 Å². The van der Waals surface area contributed by atoms with Crippen LogP contribution in [-0.4, -0.2) is 28.7 Å². The van der Waals surface area contributed by atoms with Gasteiger partial charge in [-0.1, -0.05) is 12.8 Å². The van der Waals surface area contributed by atoms with Crippen molar-refractivity contribution < 1.29 is 9.59 Å². The van der Waals surface area contributed by atoms with Gasteiger partial charge in [-0.15, -0.1) is 0 Å². The molecular weight excluding hydrogens is 196 g/mol. The van der Waals surface area contributed by atoms with Gasteiger partial charge >= 0.3 is 6.03 Å². The number of hydrogen-bond acceptors (Lipinski definition) is 4.